The minimum atomic E-state index is -0.692. The van der Waals surface area contributed by atoms with E-state index in [-0.39, 0.29) is 18.2 Å². The van der Waals surface area contributed by atoms with E-state index in [0.29, 0.717) is 22.7 Å². The maximum Gasteiger partial charge on any atom is 0.329 e. The number of urea groups is 1. The average Bonchev–Trinajstić information content (AvgIpc) is 3.14. The molecule has 3 aromatic carbocycles. The lowest BCUT2D eigenvalue weighted by atomic mass is 10.1. The molecule has 10 heteroatoms. The Balaban J connectivity index is 1.34. The molecule has 5 amide bonds. The van der Waals surface area contributed by atoms with Crippen molar-refractivity contribution < 1.29 is 23.9 Å². The number of hydrogen-bond acceptors (Lipinski definition) is 5. The van der Waals surface area contributed by atoms with E-state index < -0.39 is 24.4 Å². The van der Waals surface area contributed by atoms with Gasteiger partial charge in [0.15, 0.2) is 6.61 Å². The summed E-state index contributed by atoms with van der Waals surface area (Å²) in [5.74, 6) is -1.03. The fraction of sp³-hybridized carbons (Fsp3) is 0.143. The zero-order valence-electron chi connectivity index (χ0n) is 20.7. The van der Waals surface area contributed by atoms with Crippen LogP contribution in [0.15, 0.2) is 76.9 Å². The molecule has 0 aliphatic carbocycles. The standard InChI is InChI=1S/C28H25BrN4O5/c1-17-6-9-22(12-18(17)2)31-26(35)16-38-23-5-3-4-19(13-23)14-24-27(36)33(28(37)32-24)15-25(34)30-21-10-7-20(29)8-11-21/h3-14H,15-16H2,1-2H3,(H,30,34)(H,31,35)(H,32,37)/b24-14-. The number of amides is 5. The number of carbonyl (C=O) groups excluding carboxylic acids is 4. The summed E-state index contributed by atoms with van der Waals surface area (Å²) in [6.07, 6.45) is 1.48. The molecule has 0 spiro atoms. The second-order valence-electron chi connectivity index (χ2n) is 8.64. The van der Waals surface area contributed by atoms with E-state index in [9.17, 15) is 19.2 Å². The van der Waals surface area contributed by atoms with Gasteiger partial charge in [-0.1, -0.05) is 34.1 Å². The number of carbonyl (C=O) groups is 4. The van der Waals surface area contributed by atoms with Crippen molar-refractivity contribution >= 4 is 57.1 Å². The molecule has 1 aliphatic rings. The van der Waals surface area contributed by atoms with Crippen molar-refractivity contribution in [2.75, 3.05) is 23.8 Å². The molecule has 0 unspecified atom stereocenters. The summed E-state index contributed by atoms with van der Waals surface area (Å²) >= 11 is 3.32. The molecule has 1 heterocycles. The number of ether oxygens (including phenoxy) is 1. The Morgan fingerprint density at radius 1 is 0.921 bits per heavy atom. The zero-order valence-corrected chi connectivity index (χ0v) is 22.3. The highest BCUT2D eigenvalue weighted by molar-refractivity contribution is 9.10. The molecular weight excluding hydrogens is 552 g/mol. The molecule has 4 rings (SSSR count). The van der Waals surface area contributed by atoms with Gasteiger partial charge in [-0.3, -0.25) is 14.4 Å². The predicted octanol–water partition coefficient (Wildman–Crippen LogP) is 4.61. The first kappa shape index (κ1) is 26.6. The van der Waals surface area contributed by atoms with Crippen molar-refractivity contribution in [3.05, 3.63) is 93.6 Å². The fourth-order valence-corrected chi connectivity index (χ4v) is 3.88. The van der Waals surface area contributed by atoms with Gasteiger partial charge in [-0.2, -0.15) is 0 Å². The molecule has 1 saturated heterocycles. The fourth-order valence-electron chi connectivity index (χ4n) is 3.62. The molecule has 3 aromatic rings. The quantitative estimate of drug-likeness (QED) is 0.267. The Bertz CT molecular complexity index is 1440. The summed E-state index contributed by atoms with van der Waals surface area (Å²) in [6.45, 7) is 3.33. The van der Waals surface area contributed by atoms with Crippen LogP contribution in [0.2, 0.25) is 0 Å². The van der Waals surface area contributed by atoms with Crippen LogP contribution < -0.4 is 20.7 Å². The highest BCUT2D eigenvalue weighted by Crippen LogP contribution is 2.20. The first-order chi connectivity index (χ1) is 18.2. The van der Waals surface area contributed by atoms with E-state index in [1.807, 2.05) is 32.0 Å². The minimum Gasteiger partial charge on any atom is -0.484 e. The molecule has 9 nitrogen and oxygen atoms in total. The first-order valence-corrected chi connectivity index (χ1v) is 12.5. The zero-order chi connectivity index (χ0) is 27.2. The molecule has 38 heavy (non-hydrogen) atoms. The van der Waals surface area contributed by atoms with E-state index in [0.717, 1.165) is 20.5 Å². The number of rotatable bonds is 8. The Labute approximate surface area is 228 Å². The van der Waals surface area contributed by atoms with Gasteiger partial charge in [0.2, 0.25) is 5.91 Å². The van der Waals surface area contributed by atoms with Crippen LogP contribution in [-0.2, 0) is 14.4 Å². The van der Waals surface area contributed by atoms with Gasteiger partial charge < -0.3 is 20.7 Å². The molecular formula is C28H25BrN4O5. The van der Waals surface area contributed by atoms with Gasteiger partial charge in [0.25, 0.3) is 11.8 Å². The summed E-state index contributed by atoms with van der Waals surface area (Å²) in [6, 6.07) is 18.6. The SMILES string of the molecule is Cc1ccc(NC(=O)COc2cccc(/C=C3\NC(=O)N(CC(=O)Nc4ccc(Br)cc4)C3=O)c2)cc1C. The van der Waals surface area contributed by atoms with E-state index >= 15 is 0 Å². The van der Waals surface area contributed by atoms with Crippen LogP contribution in [-0.4, -0.2) is 41.8 Å². The van der Waals surface area contributed by atoms with E-state index in [1.165, 1.54) is 6.08 Å². The van der Waals surface area contributed by atoms with Crippen LogP contribution in [0.1, 0.15) is 16.7 Å². The van der Waals surface area contributed by atoms with Gasteiger partial charge in [0, 0.05) is 15.8 Å². The molecule has 0 saturated carbocycles. The highest BCUT2D eigenvalue weighted by atomic mass is 79.9. The summed E-state index contributed by atoms with van der Waals surface area (Å²) in [5, 5.41) is 7.94. The molecule has 0 aromatic heterocycles. The van der Waals surface area contributed by atoms with Crippen LogP contribution in [0.3, 0.4) is 0 Å². The third-order valence-electron chi connectivity index (χ3n) is 5.72. The van der Waals surface area contributed by atoms with Gasteiger partial charge in [-0.05, 0) is 85.1 Å². The second kappa shape index (κ2) is 11.7. The Morgan fingerprint density at radius 2 is 1.63 bits per heavy atom. The van der Waals surface area contributed by atoms with E-state index in [2.05, 4.69) is 31.9 Å². The topological polar surface area (TPSA) is 117 Å². The summed E-state index contributed by atoms with van der Waals surface area (Å²) < 4.78 is 6.46. The van der Waals surface area contributed by atoms with Crippen molar-refractivity contribution in [3.63, 3.8) is 0 Å². The van der Waals surface area contributed by atoms with Gasteiger partial charge >= 0.3 is 6.03 Å². The number of nitrogens with one attached hydrogen (secondary N) is 3. The highest BCUT2D eigenvalue weighted by Gasteiger charge is 2.34. The molecule has 0 atom stereocenters. The van der Waals surface area contributed by atoms with Crippen LogP contribution in [0.5, 0.6) is 5.75 Å². The third kappa shape index (κ3) is 6.86. The van der Waals surface area contributed by atoms with Crippen LogP contribution in [0.25, 0.3) is 6.08 Å². The second-order valence-corrected chi connectivity index (χ2v) is 9.56. The largest absolute Gasteiger partial charge is 0.484 e. The predicted molar refractivity (Wildman–Crippen MR) is 147 cm³/mol. The van der Waals surface area contributed by atoms with Gasteiger partial charge in [-0.25, -0.2) is 9.69 Å². The third-order valence-corrected chi connectivity index (χ3v) is 6.25. The maximum absolute atomic E-state index is 12.8. The van der Waals surface area contributed by atoms with Crippen LogP contribution in [0.4, 0.5) is 16.2 Å². The average molecular weight is 577 g/mol. The Hall–Kier alpha value is -4.44. The molecule has 3 N–H and O–H groups in total. The Morgan fingerprint density at radius 3 is 2.37 bits per heavy atom. The number of imide groups is 1. The van der Waals surface area contributed by atoms with Gasteiger partial charge in [-0.15, -0.1) is 0 Å². The maximum atomic E-state index is 12.8. The molecule has 0 bridgehead atoms. The van der Waals surface area contributed by atoms with Crippen molar-refractivity contribution in [1.29, 1.82) is 0 Å². The summed E-state index contributed by atoms with van der Waals surface area (Å²) in [4.78, 5) is 50.6. The van der Waals surface area contributed by atoms with E-state index in [4.69, 9.17) is 4.74 Å². The smallest absolute Gasteiger partial charge is 0.329 e. The number of aryl methyl sites for hydroxylation is 2. The molecule has 194 valence electrons. The van der Waals surface area contributed by atoms with Gasteiger partial charge in [0.1, 0.15) is 18.0 Å². The minimum absolute atomic E-state index is 0.0241. The number of benzene rings is 3. The number of halogens is 1. The Kier molecular flexibility index (Phi) is 8.22. The van der Waals surface area contributed by atoms with Crippen molar-refractivity contribution in [3.8, 4) is 5.75 Å². The lowest BCUT2D eigenvalue weighted by Gasteiger charge is -2.12. The normalized spacial score (nSPS) is 13.9. The number of nitrogens with zero attached hydrogens (tertiary/aromatic N) is 1. The molecule has 1 aliphatic heterocycles. The first-order valence-electron chi connectivity index (χ1n) is 11.7. The van der Waals surface area contributed by atoms with E-state index in [1.54, 1.807) is 48.5 Å². The summed E-state index contributed by atoms with van der Waals surface area (Å²) in [5.41, 5.74) is 4.03. The van der Waals surface area contributed by atoms with Crippen molar-refractivity contribution in [1.82, 2.24) is 10.2 Å². The number of anilines is 2. The van der Waals surface area contributed by atoms with Crippen LogP contribution in [0, 0.1) is 13.8 Å². The monoisotopic (exact) mass is 576 g/mol. The molecule has 1 fully saturated rings. The lowest BCUT2D eigenvalue weighted by Crippen LogP contribution is -2.38. The molecule has 0 radical (unpaired) electrons. The number of hydrogen-bond donors (Lipinski definition) is 3. The summed E-state index contributed by atoms with van der Waals surface area (Å²) in [7, 11) is 0. The van der Waals surface area contributed by atoms with Crippen molar-refractivity contribution in [2.45, 2.75) is 13.8 Å². The van der Waals surface area contributed by atoms with Crippen LogP contribution >= 0.6 is 15.9 Å². The lowest BCUT2D eigenvalue weighted by molar-refractivity contribution is -0.127. The van der Waals surface area contributed by atoms with Gasteiger partial charge in [0.05, 0.1) is 0 Å². The van der Waals surface area contributed by atoms with Crippen molar-refractivity contribution in [2.24, 2.45) is 0 Å².